The van der Waals surface area contributed by atoms with E-state index in [9.17, 15) is 4.79 Å². The van der Waals surface area contributed by atoms with Gasteiger partial charge in [0.15, 0.2) is 6.29 Å². The van der Waals surface area contributed by atoms with E-state index in [0.717, 1.165) is 28.7 Å². The van der Waals surface area contributed by atoms with Crippen molar-refractivity contribution in [1.82, 2.24) is 0 Å². The predicted molar refractivity (Wildman–Crippen MR) is 60.2 cm³/mol. The van der Waals surface area contributed by atoms with Crippen molar-refractivity contribution in [1.29, 1.82) is 0 Å². The number of hydrogen-bond acceptors (Lipinski definition) is 2. The summed E-state index contributed by atoms with van der Waals surface area (Å²) in [6, 6.07) is 3.99. The number of aldehydes is 1. The standard InChI is InChI=1S/C12H10OS/c13-9-11(10-4-1-2-5-10)8-12-6-3-7-14-12/h1,3-9H,2H2. The van der Waals surface area contributed by atoms with Crippen LogP contribution in [0.4, 0.5) is 0 Å². The first-order chi connectivity index (χ1) is 6.90. The molecule has 2 rings (SSSR count). The zero-order valence-electron chi connectivity index (χ0n) is 7.64. The Labute approximate surface area is 87.1 Å². The molecule has 2 heteroatoms. The summed E-state index contributed by atoms with van der Waals surface area (Å²) in [5.74, 6) is 0. The molecule has 0 aromatic carbocycles. The molecular formula is C12H10OS. The van der Waals surface area contributed by atoms with Gasteiger partial charge in [0.2, 0.25) is 0 Å². The quantitative estimate of drug-likeness (QED) is 0.543. The number of carbonyl (C=O) groups excluding carboxylic acids is 1. The topological polar surface area (TPSA) is 17.1 Å². The van der Waals surface area contributed by atoms with Gasteiger partial charge < -0.3 is 0 Å². The van der Waals surface area contributed by atoms with Crippen LogP contribution in [-0.2, 0) is 4.79 Å². The molecule has 1 aliphatic rings. The van der Waals surface area contributed by atoms with Gasteiger partial charge in [0, 0.05) is 10.5 Å². The molecule has 0 saturated heterocycles. The van der Waals surface area contributed by atoms with E-state index in [1.54, 1.807) is 11.3 Å². The zero-order chi connectivity index (χ0) is 9.80. The van der Waals surface area contributed by atoms with E-state index < -0.39 is 0 Å². The molecule has 1 aromatic heterocycles. The Morgan fingerprint density at radius 2 is 2.43 bits per heavy atom. The highest BCUT2D eigenvalue weighted by molar-refractivity contribution is 7.10. The second-order valence-electron chi connectivity index (χ2n) is 3.03. The third-order valence-electron chi connectivity index (χ3n) is 2.07. The van der Waals surface area contributed by atoms with Gasteiger partial charge in [-0.15, -0.1) is 11.3 Å². The first-order valence-electron chi connectivity index (χ1n) is 4.47. The number of allylic oxidation sites excluding steroid dienone is 5. The molecule has 0 radical (unpaired) electrons. The first-order valence-corrected chi connectivity index (χ1v) is 5.35. The van der Waals surface area contributed by atoms with Crippen LogP contribution in [0.2, 0.25) is 0 Å². The normalized spacial score (nSPS) is 15.7. The van der Waals surface area contributed by atoms with E-state index in [-0.39, 0.29) is 0 Å². The van der Waals surface area contributed by atoms with Crippen molar-refractivity contribution >= 4 is 23.7 Å². The van der Waals surface area contributed by atoms with Crippen LogP contribution in [0.25, 0.3) is 6.08 Å². The summed E-state index contributed by atoms with van der Waals surface area (Å²) in [7, 11) is 0. The van der Waals surface area contributed by atoms with Gasteiger partial charge in [0.25, 0.3) is 0 Å². The van der Waals surface area contributed by atoms with Gasteiger partial charge in [-0.1, -0.05) is 24.3 Å². The summed E-state index contributed by atoms with van der Waals surface area (Å²) in [5.41, 5.74) is 1.80. The fourth-order valence-corrected chi connectivity index (χ4v) is 2.05. The van der Waals surface area contributed by atoms with Crippen LogP contribution in [-0.4, -0.2) is 6.29 Å². The maximum absolute atomic E-state index is 10.9. The van der Waals surface area contributed by atoms with Crippen molar-refractivity contribution in [3.05, 3.63) is 51.8 Å². The summed E-state index contributed by atoms with van der Waals surface area (Å²) in [4.78, 5) is 12.0. The Morgan fingerprint density at radius 1 is 1.50 bits per heavy atom. The minimum atomic E-state index is 0.765. The molecule has 1 aromatic rings. The van der Waals surface area contributed by atoms with Gasteiger partial charge in [-0.25, -0.2) is 0 Å². The molecule has 14 heavy (non-hydrogen) atoms. The van der Waals surface area contributed by atoms with Gasteiger partial charge in [-0.2, -0.15) is 0 Å². The van der Waals surface area contributed by atoms with Gasteiger partial charge in [0.05, 0.1) is 0 Å². The van der Waals surface area contributed by atoms with Crippen LogP contribution in [0.3, 0.4) is 0 Å². The molecule has 1 aliphatic carbocycles. The number of thiophene rings is 1. The molecule has 70 valence electrons. The van der Waals surface area contributed by atoms with Crippen molar-refractivity contribution in [3.8, 4) is 0 Å². The summed E-state index contributed by atoms with van der Waals surface area (Å²) in [6.07, 6.45) is 9.90. The lowest BCUT2D eigenvalue weighted by Crippen LogP contribution is -1.85. The summed E-state index contributed by atoms with van der Waals surface area (Å²) < 4.78 is 0. The third kappa shape index (κ3) is 1.91. The highest BCUT2D eigenvalue weighted by Crippen LogP contribution is 2.21. The van der Waals surface area contributed by atoms with Crippen LogP contribution < -0.4 is 0 Å². The van der Waals surface area contributed by atoms with Crippen molar-refractivity contribution in [3.63, 3.8) is 0 Å². The van der Waals surface area contributed by atoms with E-state index in [1.165, 1.54) is 0 Å². The Bertz CT molecular complexity index is 408. The highest BCUT2D eigenvalue weighted by atomic mass is 32.1. The van der Waals surface area contributed by atoms with Crippen molar-refractivity contribution in [2.45, 2.75) is 6.42 Å². The molecule has 1 heterocycles. The molecule has 0 bridgehead atoms. The smallest absolute Gasteiger partial charge is 0.150 e. The highest BCUT2D eigenvalue weighted by Gasteiger charge is 2.04. The lowest BCUT2D eigenvalue weighted by molar-refractivity contribution is -0.104. The Kier molecular flexibility index (Phi) is 2.75. The minimum absolute atomic E-state index is 0.765. The molecule has 0 fully saturated rings. The molecule has 0 aliphatic heterocycles. The maximum Gasteiger partial charge on any atom is 0.150 e. The number of carbonyl (C=O) groups is 1. The number of rotatable bonds is 3. The van der Waals surface area contributed by atoms with Crippen LogP contribution in [0.15, 0.2) is 46.9 Å². The summed E-state index contributed by atoms with van der Waals surface area (Å²) in [5, 5.41) is 2.01. The fraction of sp³-hybridized carbons (Fsp3) is 0.0833. The van der Waals surface area contributed by atoms with E-state index in [4.69, 9.17) is 0 Å². The third-order valence-corrected chi connectivity index (χ3v) is 2.89. The van der Waals surface area contributed by atoms with Crippen LogP contribution in [0.1, 0.15) is 11.3 Å². The predicted octanol–water partition coefficient (Wildman–Crippen LogP) is 3.22. The van der Waals surface area contributed by atoms with Gasteiger partial charge in [0.1, 0.15) is 0 Å². The van der Waals surface area contributed by atoms with Crippen molar-refractivity contribution in [2.24, 2.45) is 0 Å². The van der Waals surface area contributed by atoms with E-state index in [2.05, 4.69) is 12.2 Å². The monoisotopic (exact) mass is 202 g/mol. The summed E-state index contributed by atoms with van der Waals surface area (Å²) >= 11 is 1.64. The molecule has 1 nitrogen and oxygen atoms in total. The van der Waals surface area contributed by atoms with Crippen LogP contribution in [0.5, 0.6) is 0 Å². The maximum atomic E-state index is 10.9. The molecule has 0 spiro atoms. The van der Waals surface area contributed by atoms with Gasteiger partial charge in [-0.3, -0.25) is 4.79 Å². The molecule has 0 atom stereocenters. The summed E-state index contributed by atoms with van der Waals surface area (Å²) in [6.45, 7) is 0. The van der Waals surface area contributed by atoms with Gasteiger partial charge in [-0.05, 0) is 29.5 Å². The molecular weight excluding hydrogens is 192 g/mol. The molecule has 0 N–H and O–H groups in total. The average Bonchev–Trinajstić information content (AvgIpc) is 2.86. The SMILES string of the molecule is O=CC(=Cc1cccs1)C1=CCC=C1. The molecule has 0 saturated carbocycles. The van der Waals surface area contributed by atoms with E-state index in [0.29, 0.717) is 0 Å². The van der Waals surface area contributed by atoms with Crippen LogP contribution >= 0.6 is 11.3 Å². The van der Waals surface area contributed by atoms with Gasteiger partial charge >= 0.3 is 0 Å². The average molecular weight is 202 g/mol. The lowest BCUT2D eigenvalue weighted by Gasteiger charge is -1.96. The van der Waals surface area contributed by atoms with Crippen molar-refractivity contribution < 1.29 is 4.79 Å². The Morgan fingerprint density at radius 3 is 3.00 bits per heavy atom. The Hall–Kier alpha value is -1.41. The zero-order valence-corrected chi connectivity index (χ0v) is 8.46. The largest absolute Gasteiger partial charge is 0.298 e. The number of hydrogen-bond donors (Lipinski definition) is 0. The molecule has 0 unspecified atom stereocenters. The van der Waals surface area contributed by atoms with Crippen LogP contribution in [0, 0.1) is 0 Å². The second kappa shape index (κ2) is 4.20. The minimum Gasteiger partial charge on any atom is -0.298 e. The second-order valence-corrected chi connectivity index (χ2v) is 4.01. The van der Waals surface area contributed by atoms with Crippen molar-refractivity contribution in [2.75, 3.05) is 0 Å². The lowest BCUT2D eigenvalue weighted by atomic mass is 10.1. The fourth-order valence-electron chi connectivity index (χ4n) is 1.38. The first kappa shape index (κ1) is 9.16. The van der Waals surface area contributed by atoms with E-state index in [1.807, 2.05) is 29.7 Å². The van der Waals surface area contributed by atoms with E-state index >= 15 is 0 Å². The Balaban J connectivity index is 2.29. The molecule has 0 amide bonds.